The van der Waals surface area contributed by atoms with Crippen molar-refractivity contribution in [3.05, 3.63) is 11.1 Å². The first kappa shape index (κ1) is 12.3. The zero-order valence-corrected chi connectivity index (χ0v) is 10.5. The number of thiazole rings is 1. The summed E-state index contributed by atoms with van der Waals surface area (Å²) in [5.41, 5.74) is 0.108. The van der Waals surface area contributed by atoms with Gasteiger partial charge in [-0.05, 0) is 25.7 Å². The number of aromatic carboxylic acids is 1. The van der Waals surface area contributed by atoms with E-state index < -0.39 is 5.97 Å². The minimum atomic E-state index is -0.979. The Morgan fingerprint density at radius 2 is 2.35 bits per heavy atom. The molecule has 6 heteroatoms. The SMILES string of the molecule is CC(Nc1nc(C(=O)O)cs1)C1CCOCC1. The number of nitrogens with one attached hydrogen (secondary N) is 1. The topological polar surface area (TPSA) is 71.5 Å². The van der Waals surface area contributed by atoms with Gasteiger partial charge in [0, 0.05) is 24.6 Å². The molecule has 94 valence electrons. The van der Waals surface area contributed by atoms with Gasteiger partial charge >= 0.3 is 5.97 Å². The Hall–Kier alpha value is -1.14. The number of aromatic nitrogens is 1. The van der Waals surface area contributed by atoms with E-state index in [1.165, 1.54) is 11.3 Å². The van der Waals surface area contributed by atoms with Gasteiger partial charge in [-0.25, -0.2) is 9.78 Å². The van der Waals surface area contributed by atoms with E-state index in [0.29, 0.717) is 17.1 Å². The number of nitrogens with zero attached hydrogens (tertiary/aromatic N) is 1. The molecule has 1 saturated heterocycles. The van der Waals surface area contributed by atoms with Gasteiger partial charge in [0.05, 0.1) is 0 Å². The zero-order chi connectivity index (χ0) is 12.3. The number of hydrogen-bond donors (Lipinski definition) is 2. The lowest BCUT2D eigenvalue weighted by Gasteiger charge is -2.28. The third-order valence-corrected chi connectivity index (χ3v) is 3.82. The van der Waals surface area contributed by atoms with Crippen molar-refractivity contribution in [3.8, 4) is 0 Å². The largest absolute Gasteiger partial charge is 0.476 e. The number of carboxylic acid groups (broad SMARTS) is 1. The zero-order valence-electron chi connectivity index (χ0n) is 9.68. The van der Waals surface area contributed by atoms with Crippen LogP contribution >= 0.6 is 11.3 Å². The molecule has 0 aliphatic carbocycles. The van der Waals surface area contributed by atoms with Crippen LogP contribution in [-0.4, -0.2) is 35.3 Å². The second kappa shape index (κ2) is 5.46. The summed E-state index contributed by atoms with van der Waals surface area (Å²) in [7, 11) is 0. The van der Waals surface area contributed by atoms with Gasteiger partial charge in [0.15, 0.2) is 10.8 Å². The molecule has 5 nitrogen and oxygen atoms in total. The fraction of sp³-hybridized carbons (Fsp3) is 0.636. The van der Waals surface area contributed by atoms with Crippen LogP contribution in [0.25, 0.3) is 0 Å². The highest BCUT2D eigenvalue weighted by Crippen LogP contribution is 2.23. The smallest absolute Gasteiger partial charge is 0.355 e. The summed E-state index contributed by atoms with van der Waals surface area (Å²) in [6.45, 7) is 3.74. The third-order valence-electron chi connectivity index (χ3n) is 3.05. The number of anilines is 1. The van der Waals surface area contributed by atoms with Crippen LogP contribution in [0.2, 0.25) is 0 Å². The third kappa shape index (κ3) is 3.17. The van der Waals surface area contributed by atoms with Crippen molar-refractivity contribution in [2.24, 2.45) is 5.92 Å². The van der Waals surface area contributed by atoms with Crippen LogP contribution in [0.1, 0.15) is 30.3 Å². The van der Waals surface area contributed by atoms with Crippen LogP contribution in [0.5, 0.6) is 0 Å². The summed E-state index contributed by atoms with van der Waals surface area (Å²) >= 11 is 1.34. The molecule has 0 radical (unpaired) electrons. The van der Waals surface area contributed by atoms with E-state index in [2.05, 4.69) is 17.2 Å². The van der Waals surface area contributed by atoms with E-state index in [1.807, 2.05) is 0 Å². The van der Waals surface area contributed by atoms with E-state index in [9.17, 15) is 4.79 Å². The highest BCUT2D eigenvalue weighted by atomic mass is 32.1. The molecule has 0 amide bonds. The lowest BCUT2D eigenvalue weighted by atomic mass is 9.93. The van der Waals surface area contributed by atoms with Crippen LogP contribution in [0, 0.1) is 5.92 Å². The minimum absolute atomic E-state index is 0.108. The van der Waals surface area contributed by atoms with Gasteiger partial charge in [-0.15, -0.1) is 11.3 Å². The number of hydrogen-bond acceptors (Lipinski definition) is 5. The molecule has 1 aromatic heterocycles. The summed E-state index contributed by atoms with van der Waals surface area (Å²) in [4.78, 5) is 14.7. The van der Waals surface area contributed by atoms with Gasteiger partial charge in [-0.1, -0.05) is 0 Å². The quantitative estimate of drug-likeness (QED) is 0.863. The standard InChI is InChI=1S/C11H16N2O3S/c1-7(8-2-4-16-5-3-8)12-11-13-9(6-17-11)10(14)15/h6-8H,2-5H2,1H3,(H,12,13)(H,14,15). The molecule has 1 fully saturated rings. The van der Waals surface area contributed by atoms with Crippen molar-refractivity contribution in [3.63, 3.8) is 0 Å². The monoisotopic (exact) mass is 256 g/mol. The molecule has 2 N–H and O–H groups in total. The molecule has 0 bridgehead atoms. The van der Waals surface area contributed by atoms with Gasteiger partial charge in [0.25, 0.3) is 0 Å². The fourth-order valence-corrected chi connectivity index (χ4v) is 2.75. The van der Waals surface area contributed by atoms with Crippen LogP contribution in [0.4, 0.5) is 5.13 Å². The number of rotatable bonds is 4. The number of carboxylic acids is 1. The summed E-state index contributed by atoms with van der Waals surface area (Å²) in [5, 5.41) is 14.3. The summed E-state index contributed by atoms with van der Waals surface area (Å²) in [5.74, 6) is -0.408. The van der Waals surface area contributed by atoms with Gasteiger partial charge in [-0.2, -0.15) is 0 Å². The van der Waals surface area contributed by atoms with E-state index in [-0.39, 0.29) is 5.69 Å². The second-order valence-corrected chi connectivity index (χ2v) is 5.08. The lowest BCUT2D eigenvalue weighted by molar-refractivity contribution is 0.0622. The fourth-order valence-electron chi connectivity index (χ4n) is 1.97. The van der Waals surface area contributed by atoms with Crippen molar-refractivity contribution in [2.75, 3.05) is 18.5 Å². The Balaban J connectivity index is 1.92. The van der Waals surface area contributed by atoms with Gasteiger partial charge in [0.1, 0.15) is 0 Å². The predicted octanol–water partition coefficient (Wildman–Crippen LogP) is 2.07. The van der Waals surface area contributed by atoms with Crippen LogP contribution < -0.4 is 5.32 Å². The highest BCUT2D eigenvalue weighted by molar-refractivity contribution is 7.13. The predicted molar refractivity (Wildman–Crippen MR) is 65.7 cm³/mol. The molecule has 1 aliphatic rings. The highest BCUT2D eigenvalue weighted by Gasteiger charge is 2.21. The molecular formula is C11H16N2O3S. The molecule has 2 rings (SSSR count). The molecule has 2 heterocycles. The normalized spacial score (nSPS) is 18.9. The minimum Gasteiger partial charge on any atom is -0.476 e. The summed E-state index contributed by atoms with van der Waals surface area (Å²) in [6, 6.07) is 0.298. The van der Waals surface area contributed by atoms with Crippen molar-refractivity contribution in [1.29, 1.82) is 0 Å². The van der Waals surface area contributed by atoms with Crippen molar-refractivity contribution in [1.82, 2.24) is 4.98 Å². The van der Waals surface area contributed by atoms with Gasteiger partial charge in [-0.3, -0.25) is 0 Å². The van der Waals surface area contributed by atoms with Crippen molar-refractivity contribution < 1.29 is 14.6 Å². The Kier molecular flexibility index (Phi) is 3.96. The molecular weight excluding hydrogens is 240 g/mol. The first-order chi connectivity index (χ1) is 8.16. The molecule has 1 aliphatic heterocycles. The Morgan fingerprint density at radius 1 is 1.65 bits per heavy atom. The molecule has 0 spiro atoms. The molecule has 17 heavy (non-hydrogen) atoms. The molecule has 0 saturated carbocycles. The van der Waals surface area contributed by atoms with Crippen LogP contribution in [0.15, 0.2) is 5.38 Å². The number of carbonyl (C=O) groups is 1. The van der Waals surface area contributed by atoms with Gasteiger partial charge in [0.2, 0.25) is 0 Å². The molecule has 1 atom stereocenters. The van der Waals surface area contributed by atoms with Crippen molar-refractivity contribution in [2.45, 2.75) is 25.8 Å². The van der Waals surface area contributed by atoms with E-state index >= 15 is 0 Å². The first-order valence-electron chi connectivity index (χ1n) is 5.70. The average Bonchev–Trinajstić information content (AvgIpc) is 2.79. The second-order valence-electron chi connectivity index (χ2n) is 4.23. The Labute approximate surface area is 104 Å². The molecule has 1 unspecified atom stereocenters. The Morgan fingerprint density at radius 3 is 2.94 bits per heavy atom. The van der Waals surface area contributed by atoms with Crippen LogP contribution in [-0.2, 0) is 4.74 Å². The first-order valence-corrected chi connectivity index (χ1v) is 6.58. The lowest BCUT2D eigenvalue weighted by Crippen LogP contribution is -2.30. The molecule has 1 aromatic rings. The maximum absolute atomic E-state index is 10.7. The summed E-state index contributed by atoms with van der Waals surface area (Å²) < 4.78 is 5.32. The van der Waals surface area contributed by atoms with Crippen molar-refractivity contribution >= 4 is 22.4 Å². The summed E-state index contributed by atoms with van der Waals surface area (Å²) in [6.07, 6.45) is 2.09. The van der Waals surface area contributed by atoms with E-state index in [0.717, 1.165) is 26.1 Å². The Bertz CT molecular complexity index is 388. The average molecular weight is 256 g/mol. The number of ether oxygens (including phenoxy) is 1. The van der Waals surface area contributed by atoms with E-state index in [4.69, 9.17) is 9.84 Å². The molecule has 0 aromatic carbocycles. The maximum atomic E-state index is 10.7. The van der Waals surface area contributed by atoms with E-state index in [1.54, 1.807) is 5.38 Å². The van der Waals surface area contributed by atoms with Crippen LogP contribution in [0.3, 0.4) is 0 Å². The van der Waals surface area contributed by atoms with Gasteiger partial charge < -0.3 is 15.2 Å². The maximum Gasteiger partial charge on any atom is 0.355 e.